The van der Waals surface area contributed by atoms with E-state index in [1.165, 1.54) is 6.08 Å². The normalized spacial score (nSPS) is 14.4. The molecule has 2 aromatic carbocycles. The molecular formula is C31H41NO7. The summed E-state index contributed by atoms with van der Waals surface area (Å²) in [4.78, 5) is 26.1. The highest BCUT2D eigenvalue weighted by atomic mass is 16.5. The second-order valence-corrected chi connectivity index (χ2v) is 9.83. The molecule has 1 unspecified atom stereocenters. The summed E-state index contributed by atoms with van der Waals surface area (Å²) in [5.74, 6) is 1.59. The van der Waals surface area contributed by atoms with E-state index >= 15 is 0 Å². The predicted octanol–water partition coefficient (Wildman–Crippen LogP) is 5.48. The van der Waals surface area contributed by atoms with Gasteiger partial charge in [0.1, 0.15) is 23.0 Å². The topological polar surface area (TPSA) is 94.5 Å². The number of nitrogens with zero attached hydrogens (tertiary/aromatic N) is 1. The minimum Gasteiger partial charge on any atom is -0.496 e. The highest BCUT2D eigenvalue weighted by Gasteiger charge is 2.28. The Morgan fingerprint density at radius 3 is 2.28 bits per heavy atom. The first kappa shape index (κ1) is 29.9. The predicted molar refractivity (Wildman–Crippen MR) is 151 cm³/mol. The number of carboxylic acid groups (broad SMARTS) is 1. The van der Waals surface area contributed by atoms with Crippen LogP contribution in [-0.2, 0) is 24.1 Å². The second-order valence-electron chi connectivity index (χ2n) is 9.83. The zero-order valence-corrected chi connectivity index (χ0v) is 23.7. The van der Waals surface area contributed by atoms with Crippen molar-refractivity contribution in [3.8, 4) is 23.0 Å². The van der Waals surface area contributed by atoms with Gasteiger partial charge in [0, 0.05) is 43.9 Å². The lowest BCUT2D eigenvalue weighted by Gasteiger charge is -2.26. The Hall–Kier alpha value is -3.68. The number of carboxylic acids is 1. The molecule has 3 rings (SSSR count). The Morgan fingerprint density at radius 2 is 1.67 bits per heavy atom. The van der Waals surface area contributed by atoms with Crippen molar-refractivity contribution in [2.75, 3.05) is 34.4 Å². The number of ketones is 1. The molecule has 0 bridgehead atoms. The van der Waals surface area contributed by atoms with Crippen LogP contribution < -0.4 is 18.9 Å². The molecule has 0 saturated carbocycles. The van der Waals surface area contributed by atoms with Gasteiger partial charge in [-0.2, -0.15) is 0 Å². The fourth-order valence-corrected chi connectivity index (χ4v) is 4.67. The van der Waals surface area contributed by atoms with Crippen molar-refractivity contribution in [1.82, 2.24) is 4.90 Å². The lowest BCUT2D eigenvalue weighted by Crippen LogP contribution is -2.31. The summed E-state index contributed by atoms with van der Waals surface area (Å²) in [6, 6.07) is 7.52. The first-order valence-electron chi connectivity index (χ1n) is 13.7. The molecule has 8 nitrogen and oxygen atoms in total. The van der Waals surface area contributed by atoms with Gasteiger partial charge in [-0.15, -0.1) is 0 Å². The van der Waals surface area contributed by atoms with E-state index in [1.807, 2.05) is 37.2 Å². The smallest absolute Gasteiger partial charge is 0.344 e. The van der Waals surface area contributed by atoms with Crippen LogP contribution >= 0.6 is 0 Å². The number of methoxy groups -OCH3 is 1. The van der Waals surface area contributed by atoms with E-state index in [1.54, 1.807) is 19.4 Å². The van der Waals surface area contributed by atoms with Crippen LogP contribution in [0.5, 0.6) is 23.0 Å². The van der Waals surface area contributed by atoms with Gasteiger partial charge in [-0.25, -0.2) is 4.79 Å². The van der Waals surface area contributed by atoms with Crippen molar-refractivity contribution in [3.05, 3.63) is 58.8 Å². The quantitative estimate of drug-likeness (QED) is 0.181. The van der Waals surface area contributed by atoms with Gasteiger partial charge >= 0.3 is 5.97 Å². The number of carbonyl (C=O) groups excluding carboxylic acids is 1. The van der Waals surface area contributed by atoms with Gasteiger partial charge in [0.15, 0.2) is 11.9 Å². The molecule has 1 heterocycles. The average molecular weight is 540 g/mol. The molecule has 0 radical (unpaired) electrons. The lowest BCUT2D eigenvalue weighted by molar-refractivity contribution is -0.145. The second kappa shape index (κ2) is 14.5. The van der Waals surface area contributed by atoms with Crippen LogP contribution in [0, 0.1) is 0 Å². The van der Waals surface area contributed by atoms with Crippen molar-refractivity contribution in [1.29, 1.82) is 0 Å². The van der Waals surface area contributed by atoms with Crippen LogP contribution in [0.3, 0.4) is 0 Å². The van der Waals surface area contributed by atoms with Gasteiger partial charge in [0.05, 0.1) is 25.9 Å². The summed E-state index contributed by atoms with van der Waals surface area (Å²) >= 11 is 0. The Labute approximate surface area is 231 Å². The van der Waals surface area contributed by atoms with E-state index in [2.05, 4.69) is 13.8 Å². The number of aliphatic carboxylic acids is 1. The molecular weight excluding hydrogens is 498 g/mol. The third-order valence-corrected chi connectivity index (χ3v) is 6.53. The van der Waals surface area contributed by atoms with E-state index in [9.17, 15) is 14.7 Å². The SMILES string of the molecule is CCCc1c(OCCCOc2ccc(C(=O)/C=C/N(C)C)c(OC)c2CCC)ccc2c1OC(C(=O)O)CC2. The standard InChI is InChI=1S/C31H41NO7/c1-6-9-23-26(14-11-21-12-15-28(31(34)35)39-29(21)23)37-19-8-20-38-27-16-13-22(25(33)17-18-32(3)4)30(36-5)24(27)10-7-2/h11,13-14,16-18,28H,6-10,12,15,19-20H2,1-5H3,(H,34,35)/b18-17+. The minimum absolute atomic E-state index is 0.121. The molecule has 1 aliphatic rings. The summed E-state index contributed by atoms with van der Waals surface area (Å²) in [6.45, 7) is 5.02. The van der Waals surface area contributed by atoms with E-state index in [0.29, 0.717) is 55.3 Å². The van der Waals surface area contributed by atoms with Crippen molar-refractivity contribution in [2.45, 2.75) is 64.9 Å². The Balaban J connectivity index is 1.67. The summed E-state index contributed by atoms with van der Waals surface area (Å²) in [5, 5.41) is 9.42. The van der Waals surface area contributed by atoms with Crippen molar-refractivity contribution in [2.24, 2.45) is 0 Å². The van der Waals surface area contributed by atoms with Crippen molar-refractivity contribution in [3.63, 3.8) is 0 Å². The van der Waals surface area contributed by atoms with Gasteiger partial charge in [-0.05, 0) is 49.4 Å². The maximum atomic E-state index is 12.8. The zero-order chi connectivity index (χ0) is 28.4. The van der Waals surface area contributed by atoms with Gasteiger partial charge in [-0.1, -0.05) is 32.8 Å². The third kappa shape index (κ3) is 7.68. The molecule has 2 aromatic rings. The van der Waals surface area contributed by atoms with E-state index in [4.69, 9.17) is 18.9 Å². The summed E-state index contributed by atoms with van der Waals surface area (Å²) in [5.41, 5.74) is 3.36. The van der Waals surface area contributed by atoms with Crippen LogP contribution in [-0.4, -0.2) is 62.3 Å². The Bertz CT molecular complexity index is 1170. The largest absolute Gasteiger partial charge is 0.496 e. The van der Waals surface area contributed by atoms with Crippen molar-refractivity contribution >= 4 is 11.8 Å². The molecule has 39 heavy (non-hydrogen) atoms. The molecule has 0 spiro atoms. The first-order chi connectivity index (χ1) is 18.8. The van der Waals surface area contributed by atoms with E-state index in [-0.39, 0.29) is 5.78 Å². The zero-order valence-electron chi connectivity index (χ0n) is 23.7. The number of benzene rings is 2. The number of allylic oxidation sites excluding steroid dienone is 1. The Kier molecular flexibility index (Phi) is 11.1. The fourth-order valence-electron chi connectivity index (χ4n) is 4.67. The van der Waals surface area contributed by atoms with Crippen LogP contribution in [0.15, 0.2) is 36.5 Å². The highest BCUT2D eigenvalue weighted by Crippen LogP contribution is 2.38. The minimum atomic E-state index is -0.937. The van der Waals surface area contributed by atoms with Gasteiger partial charge in [0.25, 0.3) is 0 Å². The molecule has 1 N–H and O–H groups in total. The molecule has 212 valence electrons. The summed E-state index contributed by atoms with van der Waals surface area (Å²) < 4.78 is 23.8. The summed E-state index contributed by atoms with van der Waals surface area (Å²) in [6.07, 6.45) is 7.46. The maximum absolute atomic E-state index is 12.8. The fraction of sp³-hybridized carbons (Fsp3) is 0.484. The van der Waals surface area contributed by atoms with E-state index in [0.717, 1.165) is 48.1 Å². The molecule has 0 saturated heterocycles. The number of rotatable bonds is 15. The molecule has 8 heteroatoms. The number of ether oxygens (including phenoxy) is 4. The molecule has 1 atom stereocenters. The maximum Gasteiger partial charge on any atom is 0.344 e. The van der Waals surface area contributed by atoms with Crippen LogP contribution in [0.2, 0.25) is 0 Å². The summed E-state index contributed by atoms with van der Waals surface area (Å²) in [7, 11) is 5.30. The number of hydrogen-bond acceptors (Lipinski definition) is 7. The van der Waals surface area contributed by atoms with Crippen molar-refractivity contribution < 1.29 is 33.6 Å². The number of hydrogen-bond donors (Lipinski definition) is 1. The lowest BCUT2D eigenvalue weighted by atomic mass is 9.96. The molecule has 0 aliphatic carbocycles. The van der Waals surface area contributed by atoms with Crippen LogP contribution in [0.1, 0.15) is 66.6 Å². The molecule has 1 aliphatic heterocycles. The van der Waals surface area contributed by atoms with Gasteiger partial charge in [-0.3, -0.25) is 4.79 Å². The molecule has 0 fully saturated rings. The van der Waals surface area contributed by atoms with Crippen LogP contribution in [0.25, 0.3) is 0 Å². The monoisotopic (exact) mass is 539 g/mol. The average Bonchev–Trinajstić information content (AvgIpc) is 2.92. The number of fused-ring (bicyclic) bond motifs is 1. The molecule has 0 amide bonds. The van der Waals surface area contributed by atoms with E-state index < -0.39 is 12.1 Å². The first-order valence-corrected chi connectivity index (χ1v) is 13.7. The molecule has 0 aromatic heterocycles. The number of aryl methyl sites for hydroxylation is 1. The van der Waals surface area contributed by atoms with Crippen LogP contribution in [0.4, 0.5) is 0 Å². The highest BCUT2D eigenvalue weighted by molar-refractivity contribution is 6.07. The Morgan fingerprint density at radius 1 is 1.03 bits per heavy atom. The third-order valence-electron chi connectivity index (χ3n) is 6.53. The van der Waals surface area contributed by atoms with Gasteiger partial charge in [0.2, 0.25) is 0 Å². The van der Waals surface area contributed by atoms with Gasteiger partial charge < -0.3 is 29.0 Å². The number of carbonyl (C=O) groups is 2.